The third kappa shape index (κ3) is 3.45. The van der Waals surface area contributed by atoms with Gasteiger partial charge in [0.2, 0.25) is 0 Å². The predicted octanol–water partition coefficient (Wildman–Crippen LogP) is 3.15. The maximum atomic E-state index is 9.44. The van der Waals surface area contributed by atoms with E-state index in [1.807, 2.05) is 12.3 Å². The molecule has 3 heteroatoms. The molecule has 1 heterocycles. The lowest BCUT2D eigenvalue weighted by atomic mass is 9.89. The summed E-state index contributed by atoms with van der Waals surface area (Å²) < 4.78 is 0. The summed E-state index contributed by atoms with van der Waals surface area (Å²) in [7, 11) is 2.13. The van der Waals surface area contributed by atoms with Gasteiger partial charge in [0, 0.05) is 13.6 Å². The Labute approximate surface area is 110 Å². The van der Waals surface area contributed by atoms with E-state index in [2.05, 4.69) is 23.0 Å². The van der Waals surface area contributed by atoms with E-state index in [0.717, 1.165) is 23.8 Å². The molecule has 1 aliphatic carbocycles. The standard InChI is InChI=1S/C15H24N2O/c1-12(18)15-9-8-14(10-16-15)17(2)11-13-6-4-3-5-7-13/h8-10,12-13,18H,3-7,11H2,1-2H3. The molecule has 2 rings (SSSR count). The van der Waals surface area contributed by atoms with Gasteiger partial charge >= 0.3 is 0 Å². The number of hydrogen-bond donors (Lipinski definition) is 1. The van der Waals surface area contributed by atoms with E-state index in [9.17, 15) is 5.11 Å². The molecular weight excluding hydrogens is 224 g/mol. The summed E-state index contributed by atoms with van der Waals surface area (Å²) >= 11 is 0. The zero-order valence-electron chi connectivity index (χ0n) is 11.5. The monoisotopic (exact) mass is 248 g/mol. The van der Waals surface area contributed by atoms with E-state index >= 15 is 0 Å². The Hall–Kier alpha value is -1.09. The molecule has 1 saturated carbocycles. The van der Waals surface area contributed by atoms with Crippen molar-refractivity contribution < 1.29 is 5.11 Å². The smallest absolute Gasteiger partial charge is 0.0931 e. The highest BCUT2D eigenvalue weighted by atomic mass is 16.3. The van der Waals surface area contributed by atoms with Crippen molar-refractivity contribution in [3.05, 3.63) is 24.0 Å². The van der Waals surface area contributed by atoms with Gasteiger partial charge in [0.25, 0.3) is 0 Å². The van der Waals surface area contributed by atoms with Crippen molar-refractivity contribution in [2.75, 3.05) is 18.5 Å². The van der Waals surface area contributed by atoms with E-state index in [1.165, 1.54) is 32.1 Å². The van der Waals surface area contributed by atoms with Crippen LogP contribution in [0, 0.1) is 5.92 Å². The van der Waals surface area contributed by atoms with Crippen LogP contribution in [-0.4, -0.2) is 23.7 Å². The Morgan fingerprint density at radius 3 is 2.61 bits per heavy atom. The Kier molecular flexibility index (Phi) is 4.59. The third-order valence-electron chi connectivity index (χ3n) is 3.90. The SMILES string of the molecule is CC(O)c1ccc(N(C)CC2CCCCC2)cn1. The summed E-state index contributed by atoms with van der Waals surface area (Å²) in [5.74, 6) is 0.834. The second-order valence-electron chi connectivity index (χ2n) is 5.50. The Morgan fingerprint density at radius 1 is 1.33 bits per heavy atom. The average molecular weight is 248 g/mol. The number of nitrogens with zero attached hydrogens (tertiary/aromatic N) is 2. The Balaban J connectivity index is 1.93. The second kappa shape index (κ2) is 6.19. The molecule has 0 amide bonds. The van der Waals surface area contributed by atoms with Gasteiger partial charge in [0.15, 0.2) is 0 Å². The van der Waals surface area contributed by atoms with E-state index in [-0.39, 0.29) is 0 Å². The number of anilines is 1. The van der Waals surface area contributed by atoms with Crippen LogP contribution in [0.2, 0.25) is 0 Å². The van der Waals surface area contributed by atoms with Crippen LogP contribution >= 0.6 is 0 Å². The largest absolute Gasteiger partial charge is 0.387 e. The van der Waals surface area contributed by atoms with Crippen molar-refractivity contribution in [1.29, 1.82) is 0 Å². The van der Waals surface area contributed by atoms with Crippen LogP contribution in [0.4, 0.5) is 5.69 Å². The van der Waals surface area contributed by atoms with E-state index in [1.54, 1.807) is 6.92 Å². The molecule has 0 saturated heterocycles. The summed E-state index contributed by atoms with van der Waals surface area (Å²) in [6.45, 7) is 2.86. The molecule has 18 heavy (non-hydrogen) atoms. The van der Waals surface area contributed by atoms with Gasteiger partial charge in [0.05, 0.1) is 23.7 Å². The number of hydrogen-bond acceptors (Lipinski definition) is 3. The first-order valence-electron chi connectivity index (χ1n) is 7.02. The van der Waals surface area contributed by atoms with Crippen LogP contribution in [0.15, 0.2) is 18.3 Å². The fourth-order valence-electron chi connectivity index (χ4n) is 2.73. The molecule has 1 aromatic heterocycles. The lowest BCUT2D eigenvalue weighted by molar-refractivity contribution is 0.194. The van der Waals surface area contributed by atoms with Crippen molar-refractivity contribution in [1.82, 2.24) is 4.98 Å². The fourth-order valence-corrected chi connectivity index (χ4v) is 2.73. The zero-order chi connectivity index (χ0) is 13.0. The van der Waals surface area contributed by atoms with Crippen molar-refractivity contribution in [2.24, 2.45) is 5.92 Å². The number of rotatable bonds is 4. The van der Waals surface area contributed by atoms with Gasteiger partial charge < -0.3 is 10.0 Å². The first kappa shape index (κ1) is 13.3. The van der Waals surface area contributed by atoms with Crippen LogP contribution < -0.4 is 4.90 Å². The molecule has 1 aliphatic rings. The molecule has 0 bridgehead atoms. The van der Waals surface area contributed by atoms with Crippen LogP contribution in [0.25, 0.3) is 0 Å². The molecule has 1 atom stereocenters. The van der Waals surface area contributed by atoms with Gasteiger partial charge in [-0.05, 0) is 37.8 Å². The molecule has 100 valence electrons. The summed E-state index contributed by atoms with van der Waals surface area (Å²) in [5.41, 5.74) is 1.88. The molecule has 1 N–H and O–H groups in total. The minimum Gasteiger partial charge on any atom is -0.387 e. The Morgan fingerprint density at radius 2 is 2.06 bits per heavy atom. The van der Waals surface area contributed by atoms with Crippen molar-refractivity contribution >= 4 is 5.69 Å². The Bertz CT molecular complexity index is 355. The van der Waals surface area contributed by atoms with Crippen LogP contribution in [0.3, 0.4) is 0 Å². The van der Waals surface area contributed by atoms with Crippen molar-refractivity contribution in [3.63, 3.8) is 0 Å². The lowest BCUT2D eigenvalue weighted by Crippen LogP contribution is -2.26. The molecule has 1 aromatic rings. The second-order valence-corrected chi connectivity index (χ2v) is 5.50. The normalized spacial score (nSPS) is 18.6. The number of pyridine rings is 1. The van der Waals surface area contributed by atoms with Crippen LogP contribution in [0.5, 0.6) is 0 Å². The van der Waals surface area contributed by atoms with Crippen molar-refractivity contribution in [3.8, 4) is 0 Å². The number of aliphatic hydroxyl groups is 1. The topological polar surface area (TPSA) is 36.4 Å². The highest BCUT2D eigenvalue weighted by Crippen LogP contribution is 2.25. The van der Waals surface area contributed by atoms with Gasteiger partial charge in [-0.1, -0.05) is 19.3 Å². The predicted molar refractivity (Wildman–Crippen MR) is 74.7 cm³/mol. The van der Waals surface area contributed by atoms with Gasteiger partial charge in [-0.25, -0.2) is 0 Å². The summed E-state index contributed by atoms with van der Waals surface area (Å²) in [4.78, 5) is 6.59. The number of aliphatic hydroxyl groups excluding tert-OH is 1. The lowest BCUT2D eigenvalue weighted by Gasteiger charge is -2.28. The maximum absolute atomic E-state index is 9.44. The molecular formula is C15H24N2O. The molecule has 0 aliphatic heterocycles. The minimum absolute atomic E-state index is 0.484. The van der Waals surface area contributed by atoms with Gasteiger partial charge in [-0.2, -0.15) is 0 Å². The van der Waals surface area contributed by atoms with Crippen LogP contribution in [0.1, 0.15) is 50.8 Å². The molecule has 1 fully saturated rings. The van der Waals surface area contributed by atoms with E-state index in [0.29, 0.717) is 0 Å². The molecule has 0 radical (unpaired) electrons. The maximum Gasteiger partial charge on any atom is 0.0931 e. The van der Waals surface area contributed by atoms with Gasteiger partial charge in [-0.15, -0.1) is 0 Å². The van der Waals surface area contributed by atoms with Crippen LogP contribution in [-0.2, 0) is 0 Å². The minimum atomic E-state index is -0.484. The quantitative estimate of drug-likeness (QED) is 0.889. The van der Waals surface area contributed by atoms with E-state index < -0.39 is 6.10 Å². The highest BCUT2D eigenvalue weighted by Gasteiger charge is 2.15. The summed E-state index contributed by atoms with van der Waals surface area (Å²) in [6.07, 6.45) is 8.29. The summed E-state index contributed by atoms with van der Waals surface area (Å²) in [6, 6.07) is 3.97. The fraction of sp³-hybridized carbons (Fsp3) is 0.667. The molecule has 1 unspecified atom stereocenters. The van der Waals surface area contributed by atoms with Crippen molar-refractivity contribution in [2.45, 2.75) is 45.1 Å². The van der Waals surface area contributed by atoms with E-state index in [4.69, 9.17) is 0 Å². The molecule has 3 nitrogen and oxygen atoms in total. The van der Waals surface area contributed by atoms with Gasteiger partial charge in [-0.3, -0.25) is 4.98 Å². The zero-order valence-corrected chi connectivity index (χ0v) is 11.5. The highest BCUT2D eigenvalue weighted by molar-refractivity contribution is 5.43. The third-order valence-corrected chi connectivity index (χ3v) is 3.90. The molecule has 0 spiro atoms. The first-order chi connectivity index (χ1) is 8.66. The summed E-state index contributed by atoms with van der Waals surface area (Å²) in [5, 5.41) is 9.44. The number of aromatic nitrogens is 1. The molecule has 0 aromatic carbocycles. The van der Waals surface area contributed by atoms with Gasteiger partial charge in [0.1, 0.15) is 0 Å². The average Bonchev–Trinajstić information content (AvgIpc) is 2.40. The first-order valence-corrected chi connectivity index (χ1v) is 7.02.